The Labute approximate surface area is 185 Å². The molecule has 4 aromatic rings. The second-order valence-corrected chi connectivity index (χ2v) is 7.54. The first-order valence-electron chi connectivity index (χ1n) is 9.51. The first kappa shape index (κ1) is 19.6. The number of fused-ring (bicyclic) bond motifs is 1. The average Bonchev–Trinajstić information content (AvgIpc) is 3.45. The number of nitro benzene ring substituents is 1. The third-order valence-electron chi connectivity index (χ3n) is 4.65. The molecule has 1 aliphatic rings. The predicted octanol–water partition coefficient (Wildman–Crippen LogP) is 4.36. The van der Waals surface area contributed by atoms with Crippen LogP contribution in [0.5, 0.6) is 11.5 Å². The van der Waals surface area contributed by atoms with Crippen LogP contribution in [-0.2, 0) is 0 Å². The highest BCUT2D eigenvalue weighted by Gasteiger charge is 2.13. The molecule has 0 saturated heterocycles. The van der Waals surface area contributed by atoms with Gasteiger partial charge in [0.1, 0.15) is 0 Å². The Bertz CT molecular complexity index is 1380. The van der Waals surface area contributed by atoms with Gasteiger partial charge in [-0.05, 0) is 48.0 Å². The number of thiazole rings is 1. The summed E-state index contributed by atoms with van der Waals surface area (Å²) in [5.41, 5.74) is 3.08. The summed E-state index contributed by atoms with van der Waals surface area (Å²) in [4.78, 5) is 20.0. The summed E-state index contributed by atoms with van der Waals surface area (Å²) < 4.78 is 12.5. The lowest BCUT2D eigenvalue weighted by Gasteiger charge is -2.04. The summed E-state index contributed by atoms with van der Waals surface area (Å²) in [7, 11) is 0. The largest absolute Gasteiger partial charge is 0.454 e. The molecule has 0 radical (unpaired) electrons. The number of hydrogen-bond acceptors (Lipinski definition) is 8. The normalized spacial score (nSPS) is 13.1. The van der Waals surface area contributed by atoms with Gasteiger partial charge in [-0.15, -0.1) is 11.3 Å². The quantitative estimate of drug-likeness (QED) is 0.258. The molecule has 0 amide bonds. The molecule has 5 rings (SSSR count). The van der Waals surface area contributed by atoms with E-state index in [4.69, 9.17) is 9.47 Å². The van der Waals surface area contributed by atoms with Gasteiger partial charge in [-0.25, -0.2) is 9.67 Å². The van der Waals surface area contributed by atoms with Crippen molar-refractivity contribution in [2.45, 2.75) is 0 Å². The molecule has 10 heteroatoms. The number of non-ortho nitro benzene ring substituents is 1. The molecule has 0 aliphatic carbocycles. The molecule has 32 heavy (non-hydrogen) atoms. The van der Waals surface area contributed by atoms with Gasteiger partial charge >= 0.3 is 0 Å². The highest BCUT2D eigenvalue weighted by molar-refractivity contribution is 7.07. The van der Waals surface area contributed by atoms with Crippen LogP contribution in [-0.4, -0.2) is 27.6 Å². The van der Waals surface area contributed by atoms with Crippen LogP contribution in [0.2, 0.25) is 0 Å². The fourth-order valence-corrected chi connectivity index (χ4v) is 3.95. The highest BCUT2D eigenvalue weighted by Crippen LogP contribution is 2.32. The van der Waals surface area contributed by atoms with E-state index in [0.29, 0.717) is 22.0 Å². The number of hydrogen-bond donors (Lipinski definition) is 0. The van der Waals surface area contributed by atoms with E-state index in [1.165, 1.54) is 23.5 Å². The Morgan fingerprint density at radius 3 is 2.75 bits per heavy atom. The third kappa shape index (κ3) is 3.98. The summed E-state index contributed by atoms with van der Waals surface area (Å²) in [6, 6.07) is 15.6. The maximum absolute atomic E-state index is 11.0. The van der Waals surface area contributed by atoms with Gasteiger partial charge in [0.05, 0.1) is 28.7 Å². The van der Waals surface area contributed by atoms with Crippen LogP contribution in [0, 0.1) is 10.1 Å². The molecule has 1 aliphatic heterocycles. The summed E-state index contributed by atoms with van der Waals surface area (Å²) in [5, 5.41) is 17.6. The smallest absolute Gasteiger partial charge is 0.269 e. The second-order valence-electron chi connectivity index (χ2n) is 6.70. The lowest BCUT2D eigenvalue weighted by atomic mass is 10.1. The molecule has 0 atom stereocenters. The third-order valence-corrected chi connectivity index (χ3v) is 5.46. The van der Waals surface area contributed by atoms with Crippen molar-refractivity contribution in [3.63, 3.8) is 0 Å². The van der Waals surface area contributed by atoms with Gasteiger partial charge in [-0.3, -0.25) is 15.1 Å². The first-order valence-corrected chi connectivity index (χ1v) is 10.4. The van der Waals surface area contributed by atoms with E-state index in [9.17, 15) is 10.1 Å². The Hall–Kier alpha value is -4.31. The first-order chi connectivity index (χ1) is 15.7. The molecule has 0 bridgehead atoms. The molecule has 3 heterocycles. The zero-order valence-corrected chi connectivity index (χ0v) is 17.3. The maximum atomic E-state index is 11.0. The van der Waals surface area contributed by atoms with E-state index >= 15 is 0 Å². The fourth-order valence-electron chi connectivity index (χ4n) is 3.09. The molecule has 2 aromatic carbocycles. The molecule has 2 aromatic heterocycles. The molecule has 9 nitrogen and oxygen atoms in total. The summed E-state index contributed by atoms with van der Waals surface area (Å²) in [6.07, 6.45) is 5.05. The zero-order valence-electron chi connectivity index (χ0n) is 16.5. The molecule has 0 N–H and O–H groups in total. The summed E-state index contributed by atoms with van der Waals surface area (Å²) in [6.45, 7) is 0.202. The Morgan fingerprint density at radius 2 is 1.97 bits per heavy atom. The SMILES string of the molecule is O=[N+]([O-])c1ccc(-c2csc(=Nc3cccnc3)n2N=Cc2ccc3c(c2)OCO3)cc1. The van der Waals surface area contributed by atoms with Gasteiger partial charge < -0.3 is 9.47 Å². The van der Waals surface area contributed by atoms with Crippen LogP contribution < -0.4 is 14.3 Å². The van der Waals surface area contributed by atoms with Crippen LogP contribution >= 0.6 is 11.3 Å². The fraction of sp³-hybridized carbons (Fsp3) is 0.0455. The van der Waals surface area contributed by atoms with E-state index in [1.54, 1.807) is 35.4 Å². The number of nitro groups is 1. The van der Waals surface area contributed by atoms with E-state index in [1.807, 2.05) is 35.7 Å². The number of nitrogens with zero attached hydrogens (tertiary/aromatic N) is 5. The lowest BCUT2D eigenvalue weighted by Crippen LogP contribution is -2.11. The predicted molar refractivity (Wildman–Crippen MR) is 119 cm³/mol. The number of rotatable bonds is 5. The molecule has 158 valence electrons. The Morgan fingerprint density at radius 1 is 1.12 bits per heavy atom. The van der Waals surface area contributed by atoms with Gasteiger partial charge in [0.2, 0.25) is 11.6 Å². The maximum Gasteiger partial charge on any atom is 0.269 e. The number of ether oxygens (including phenoxy) is 2. The van der Waals surface area contributed by atoms with Crippen molar-refractivity contribution in [3.05, 3.63) is 92.9 Å². The van der Waals surface area contributed by atoms with Crippen molar-refractivity contribution < 1.29 is 14.4 Å². The van der Waals surface area contributed by atoms with Crippen LogP contribution in [0.15, 0.2) is 82.5 Å². The van der Waals surface area contributed by atoms with Crippen molar-refractivity contribution >= 4 is 28.9 Å². The van der Waals surface area contributed by atoms with Gasteiger partial charge in [-0.1, -0.05) is 0 Å². The van der Waals surface area contributed by atoms with Gasteiger partial charge in [-0.2, -0.15) is 5.10 Å². The van der Waals surface area contributed by atoms with Crippen LogP contribution in [0.25, 0.3) is 11.3 Å². The molecule has 0 saturated carbocycles. The van der Waals surface area contributed by atoms with E-state index < -0.39 is 4.92 Å². The Balaban J connectivity index is 1.58. The highest BCUT2D eigenvalue weighted by atomic mass is 32.1. The number of aromatic nitrogens is 2. The zero-order chi connectivity index (χ0) is 21.9. The summed E-state index contributed by atoms with van der Waals surface area (Å²) in [5.74, 6) is 1.37. The molecular formula is C22H15N5O4S. The van der Waals surface area contributed by atoms with Crippen molar-refractivity contribution in [1.82, 2.24) is 9.66 Å². The van der Waals surface area contributed by atoms with Crippen molar-refractivity contribution in [2.75, 3.05) is 6.79 Å². The van der Waals surface area contributed by atoms with Crippen molar-refractivity contribution in [3.8, 4) is 22.8 Å². The Kier molecular flexibility index (Phi) is 5.18. The minimum atomic E-state index is -0.424. The van der Waals surface area contributed by atoms with E-state index in [-0.39, 0.29) is 12.5 Å². The monoisotopic (exact) mass is 445 g/mol. The van der Waals surface area contributed by atoms with Crippen molar-refractivity contribution in [1.29, 1.82) is 0 Å². The van der Waals surface area contributed by atoms with Gasteiger partial charge in [0.15, 0.2) is 11.5 Å². The second kappa shape index (κ2) is 8.44. The number of benzene rings is 2. The van der Waals surface area contributed by atoms with Crippen LogP contribution in [0.4, 0.5) is 11.4 Å². The molecular weight excluding hydrogens is 430 g/mol. The van der Waals surface area contributed by atoms with E-state index in [0.717, 1.165) is 16.8 Å². The standard InChI is InChI=1S/C22H15N5O4S/c28-27(29)18-6-4-16(5-7-18)19-13-32-22(25-17-2-1-9-23-12-17)26(19)24-11-15-3-8-20-21(10-15)31-14-30-20/h1-13H,14H2. The molecule has 0 spiro atoms. The van der Waals surface area contributed by atoms with Crippen LogP contribution in [0.1, 0.15) is 5.56 Å². The minimum absolute atomic E-state index is 0.0275. The van der Waals surface area contributed by atoms with Crippen LogP contribution in [0.3, 0.4) is 0 Å². The van der Waals surface area contributed by atoms with E-state index in [2.05, 4.69) is 15.1 Å². The number of pyridine rings is 1. The summed E-state index contributed by atoms with van der Waals surface area (Å²) >= 11 is 1.41. The lowest BCUT2D eigenvalue weighted by molar-refractivity contribution is -0.384. The van der Waals surface area contributed by atoms with Gasteiger partial charge in [0, 0.05) is 29.3 Å². The van der Waals surface area contributed by atoms with Gasteiger partial charge in [0.25, 0.3) is 5.69 Å². The molecule has 0 unspecified atom stereocenters. The minimum Gasteiger partial charge on any atom is -0.454 e. The topological polar surface area (TPSA) is 104 Å². The molecule has 0 fully saturated rings. The average molecular weight is 445 g/mol. The van der Waals surface area contributed by atoms with Crippen molar-refractivity contribution in [2.24, 2.45) is 10.1 Å².